The highest BCUT2D eigenvalue weighted by atomic mass is 32.2. The third-order valence-corrected chi connectivity index (χ3v) is 4.91. The van der Waals surface area contributed by atoms with E-state index in [0.717, 1.165) is 22.7 Å². The zero-order valence-electron chi connectivity index (χ0n) is 19.1. The SMILES string of the molecule is CS(=O)(=O)O.Cc1cccc(C(C)C)c1CNc1cc(OC(N)=O)cn2c(C)c(C)nc12. The summed E-state index contributed by atoms with van der Waals surface area (Å²) in [5, 5.41) is 3.48. The summed E-state index contributed by atoms with van der Waals surface area (Å²) < 4.78 is 32.9. The van der Waals surface area contributed by atoms with E-state index < -0.39 is 16.2 Å². The van der Waals surface area contributed by atoms with E-state index in [1.54, 1.807) is 12.3 Å². The van der Waals surface area contributed by atoms with Crippen molar-refractivity contribution >= 4 is 27.5 Å². The third-order valence-electron chi connectivity index (χ3n) is 4.91. The van der Waals surface area contributed by atoms with Gasteiger partial charge in [0.15, 0.2) is 11.4 Å². The third kappa shape index (κ3) is 6.69. The van der Waals surface area contributed by atoms with Crippen LogP contribution in [0.3, 0.4) is 0 Å². The Labute approximate surface area is 188 Å². The topological polar surface area (TPSA) is 136 Å². The van der Waals surface area contributed by atoms with Crippen molar-refractivity contribution < 1.29 is 22.5 Å². The molecule has 32 heavy (non-hydrogen) atoms. The van der Waals surface area contributed by atoms with Crippen LogP contribution < -0.4 is 15.8 Å². The molecule has 0 atom stereocenters. The molecule has 0 aliphatic heterocycles. The first-order chi connectivity index (χ1) is 14.8. The van der Waals surface area contributed by atoms with Crippen LogP contribution in [0, 0.1) is 20.8 Å². The van der Waals surface area contributed by atoms with Crippen LogP contribution in [0.4, 0.5) is 10.5 Å². The van der Waals surface area contributed by atoms with Gasteiger partial charge in [-0.05, 0) is 43.4 Å². The van der Waals surface area contributed by atoms with Crippen molar-refractivity contribution in [3.05, 3.63) is 58.5 Å². The second-order valence-electron chi connectivity index (χ2n) is 7.87. The van der Waals surface area contributed by atoms with Gasteiger partial charge in [0, 0.05) is 18.3 Å². The number of nitrogens with zero attached hydrogens (tertiary/aromatic N) is 2. The van der Waals surface area contributed by atoms with Crippen LogP contribution in [0.2, 0.25) is 0 Å². The first kappa shape index (κ1) is 25.2. The van der Waals surface area contributed by atoms with E-state index in [-0.39, 0.29) is 0 Å². The Kier molecular flexibility index (Phi) is 7.87. The Hall–Kier alpha value is -3.11. The highest BCUT2D eigenvalue weighted by Crippen LogP contribution is 2.28. The first-order valence-electron chi connectivity index (χ1n) is 9.99. The summed E-state index contributed by atoms with van der Waals surface area (Å²) in [7, 11) is -3.67. The van der Waals surface area contributed by atoms with Gasteiger partial charge in [-0.15, -0.1) is 0 Å². The maximum Gasteiger partial charge on any atom is 0.410 e. The zero-order valence-corrected chi connectivity index (χ0v) is 19.9. The van der Waals surface area contributed by atoms with Gasteiger partial charge >= 0.3 is 6.09 Å². The first-order valence-corrected chi connectivity index (χ1v) is 11.8. The second-order valence-corrected chi connectivity index (χ2v) is 9.34. The summed E-state index contributed by atoms with van der Waals surface area (Å²) >= 11 is 0. The van der Waals surface area contributed by atoms with Crippen LogP contribution in [0.1, 0.15) is 47.8 Å². The lowest BCUT2D eigenvalue weighted by Crippen LogP contribution is -2.17. The number of imidazole rings is 1. The molecule has 4 N–H and O–H groups in total. The number of aryl methyl sites for hydroxylation is 3. The zero-order chi connectivity index (χ0) is 24.2. The number of anilines is 1. The molecule has 0 saturated carbocycles. The molecule has 3 aromatic rings. The molecule has 0 fully saturated rings. The largest absolute Gasteiger partial charge is 0.410 e. The minimum Gasteiger partial charge on any atom is -0.409 e. The molecule has 0 saturated heterocycles. The van der Waals surface area contributed by atoms with Gasteiger partial charge in [0.1, 0.15) is 0 Å². The molecule has 1 amide bonds. The van der Waals surface area contributed by atoms with E-state index in [1.807, 2.05) is 18.2 Å². The number of rotatable bonds is 5. The van der Waals surface area contributed by atoms with E-state index in [9.17, 15) is 13.2 Å². The number of amides is 1. The van der Waals surface area contributed by atoms with Crippen molar-refractivity contribution in [3.8, 4) is 5.75 Å². The highest BCUT2D eigenvalue weighted by molar-refractivity contribution is 7.85. The van der Waals surface area contributed by atoms with Crippen LogP contribution in [0.15, 0.2) is 30.5 Å². The van der Waals surface area contributed by atoms with Gasteiger partial charge in [-0.2, -0.15) is 8.42 Å². The number of nitrogens with one attached hydrogen (secondary N) is 1. The number of hydrogen-bond acceptors (Lipinski definition) is 6. The van der Waals surface area contributed by atoms with Crippen molar-refractivity contribution in [2.75, 3.05) is 11.6 Å². The van der Waals surface area contributed by atoms with E-state index in [2.05, 4.69) is 49.3 Å². The Morgan fingerprint density at radius 2 is 1.91 bits per heavy atom. The van der Waals surface area contributed by atoms with Crippen LogP contribution in [-0.4, -0.2) is 34.7 Å². The summed E-state index contributed by atoms with van der Waals surface area (Å²) in [5.41, 5.74) is 12.5. The Morgan fingerprint density at radius 3 is 2.47 bits per heavy atom. The lowest BCUT2D eigenvalue weighted by atomic mass is 9.94. The van der Waals surface area contributed by atoms with Crippen molar-refractivity contribution in [2.45, 2.75) is 47.1 Å². The van der Waals surface area contributed by atoms with Gasteiger partial charge in [0.05, 0.1) is 23.8 Å². The molecular weight excluding hydrogens is 432 g/mol. The number of primary amides is 1. The fraction of sp³-hybridized carbons (Fsp3) is 0.364. The van der Waals surface area contributed by atoms with Gasteiger partial charge in [0.2, 0.25) is 0 Å². The number of carbonyl (C=O) groups is 1. The van der Waals surface area contributed by atoms with Gasteiger partial charge in [-0.1, -0.05) is 32.0 Å². The van der Waals surface area contributed by atoms with Crippen LogP contribution >= 0.6 is 0 Å². The molecule has 1 aromatic carbocycles. The summed E-state index contributed by atoms with van der Waals surface area (Å²) in [6.45, 7) is 11.1. The average Bonchev–Trinajstić information content (AvgIpc) is 2.93. The number of fused-ring (bicyclic) bond motifs is 1. The number of aromatic nitrogens is 2. The number of carbonyl (C=O) groups excluding carboxylic acids is 1. The van der Waals surface area contributed by atoms with E-state index in [0.29, 0.717) is 24.5 Å². The summed E-state index contributed by atoms with van der Waals surface area (Å²) in [5.74, 6) is 0.814. The molecule has 174 valence electrons. The van der Waals surface area contributed by atoms with Crippen molar-refractivity contribution in [2.24, 2.45) is 5.73 Å². The van der Waals surface area contributed by atoms with E-state index in [4.69, 9.17) is 15.0 Å². The lowest BCUT2D eigenvalue weighted by Gasteiger charge is -2.17. The van der Waals surface area contributed by atoms with Crippen molar-refractivity contribution in [1.29, 1.82) is 0 Å². The fourth-order valence-electron chi connectivity index (χ4n) is 3.34. The Bertz CT molecular complexity index is 1220. The summed E-state index contributed by atoms with van der Waals surface area (Å²) in [6.07, 6.45) is 1.61. The van der Waals surface area contributed by atoms with E-state index in [1.165, 1.54) is 16.7 Å². The number of ether oxygens (including phenoxy) is 1. The van der Waals surface area contributed by atoms with Crippen molar-refractivity contribution in [1.82, 2.24) is 9.38 Å². The maximum absolute atomic E-state index is 11.2. The maximum atomic E-state index is 11.2. The molecule has 3 rings (SSSR count). The molecule has 0 bridgehead atoms. The number of benzene rings is 1. The van der Waals surface area contributed by atoms with Crippen molar-refractivity contribution in [3.63, 3.8) is 0 Å². The lowest BCUT2D eigenvalue weighted by molar-refractivity contribution is 0.210. The van der Waals surface area contributed by atoms with E-state index >= 15 is 0 Å². The fourth-order valence-corrected chi connectivity index (χ4v) is 3.34. The molecule has 0 unspecified atom stereocenters. The molecule has 2 aromatic heterocycles. The predicted octanol–water partition coefficient (Wildman–Crippen LogP) is 3.96. The molecular formula is C22H30N4O5S. The average molecular weight is 463 g/mol. The minimum absolute atomic E-state index is 0.381. The number of nitrogens with two attached hydrogens (primary N) is 1. The van der Waals surface area contributed by atoms with Crippen LogP contribution in [-0.2, 0) is 16.7 Å². The van der Waals surface area contributed by atoms with Crippen LogP contribution in [0.25, 0.3) is 5.65 Å². The molecule has 0 aliphatic carbocycles. The van der Waals surface area contributed by atoms with Gasteiger partial charge in [0.25, 0.3) is 10.1 Å². The molecule has 9 nitrogen and oxygen atoms in total. The number of hydrogen-bond donors (Lipinski definition) is 3. The van der Waals surface area contributed by atoms with Gasteiger partial charge in [-0.3, -0.25) is 8.95 Å². The normalized spacial score (nSPS) is 11.2. The molecule has 10 heteroatoms. The molecule has 0 aliphatic rings. The molecule has 0 spiro atoms. The minimum atomic E-state index is -3.67. The molecule has 2 heterocycles. The second kappa shape index (κ2) is 10.0. The predicted molar refractivity (Wildman–Crippen MR) is 125 cm³/mol. The smallest absolute Gasteiger partial charge is 0.409 e. The van der Waals surface area contributed by atoms with Gasteiger partial charge < -0.3 is 15.8 Å². The molecule has 0 radical (unpaired) electrons. The van der Waals surface area contributed by atoms with Crippen LogP contribution in [0.5, 0.6) is 5.75 Å². The highest BCUT2D eigenvalue weighted by Gasteiger charge is 2.14. The summed E-state index contributed by atoms with van der Waals surface area (Å²) in [4.78, 5) is 15.9. The summed E-state index contributed by atoms with van der Waals surface area (Å²) in [6, 6.07) is 8.14. The number of pyridine rings is 1. The standard InChI is InChI=1S/C21H26N4O2.CH4O3S/c1-12(2)17-8-6-7-13(3)18(17)10-23-19-9-16(27-21(22)26)11-25-15(5)14(4)24-20(19)25;1-5(2,3)4/h6-9,11-12,23H,10H2,1-5H3,(H2,22,26);1H3,(H,2,3,4). The van der Waals surface area contributed by atoms with Gasteiger partial charge in [-0.25, -0.2) is 9.78 Å². The Morgan fingerprint density at radius 1 is 1.28 bits per heavy atom. The monoisotopic (exact) mass is 462 g/mol. The quantitative estimate of drug-likeness (QED) is 0.488. The Balaban J connectivity index is 0.000000654.